The summed E-state index contributed by atoms with van der Waals surface area (Å²) in [7, 11) is -3.52. The van der Waals surface area contributed by atoms with Crippen LogP contribution in [0.25, 0.3) is 11.0 Å². The average Bonchev–Trinajstić information content (AvgIpc) is 3.06. The van der Waals surface area contributed by atoms with E-state index in [2.05, 4.69) is 12.2 Å². The van der Waals surface area contributed by atoms with Crippen LogP contribution in [-0.4, -0.2) is 37.8 Å². The number of fused-ring (bicyclic) bond motifs is 1. The Bertz CT molecular complexity index is 997. The van der Waals surface area contributed by atoms with Gasteiger partial charge in [0.05, 0.1) is 4.90 Å². The minimum Gasteiger partial charge on any atom is -0.451 e. The molecule has 0 unspecified atom stereocenters. The van der Waals surface area contributed by atoms with E-state index in [1.165, 1.54) is 0 Å². The third-order valence-electron chi connectivity index (χ3n) is 6.42. The van der Waals surface area contributed by atoms with Gasteiger partial charge in [0, 0.05) is 30.1 Å². The highest BCUT2D eigenvalue weighted by Gasteiger charge is 2.28. The van der Waals surface area contributed by atoms with Gasteiger partial charge in [-0.1, -0.05) is 13.3 Å². The lowest BCUT2D eigenvalue weighted by Gasteiger charge is -2.26. The highest BCUT2D eigenvalue weighted by molar-refractivity contribution is 7.89. The van der Waals surface area contributed by atoms with Crippen LogP contribution in [0.1, 0.15) is 68.0 Å². The fraction of sp³-hybridized carbons (Fsp3) is 0.591. The number of carbonyl (C=O) groups is 1. The molecule has 0 radical (unpaired) electrons. The standard InChI is InChI=1S/C22H30N2O4S/c1-15-6-8-17(9-7-15)23-22(25)21-16(2)19-14-18(10-11-20(19)28-21)29(26,27)24-12-4-3-5-13-24/h10-11,14-15,17H,3-9,12-13H2,1-2H3,(H,23,25). The molecule has 1 saturated carbocycles. The normalized spacial score (nSPS) is 23.9. The summed E-state index contributed by atoms with van der Waals surface area (Å²) in [6.07, 6.45) is 7.11. The zero-order valence-electron chi connectivity index (χ0n) is 17.2. The number of furan rings is 1. The van der Waals surface area contributed by atoms with Crippen molar-refractivity contribution in [2.45, 2.75) is 69.7 Å². The van der Waals surface area contributed by atoms with Crippen molar-refractivity contribution >= 4 is 26.9 Å². The van der Waals surface area contributed by atoms with Gasteiger partial charge in [-0.2, -0.15) is 4.31 Å². The van der Waals surface area contributed by atoms with Crippen LogP contribution in [-0.2, 0) is 10.0 Å². The van der Waals surface area contributed by atoms with E-state index in [0.717, 1.165) is 50.9 Å². The molecule has 0 spiro atoms. The SMILES string of the molecule is Cc1c(C(=O)NC2CCC(C)CC2)oc2ccc(S(=O)(=O)N3CCCCC3)cc12. The summed E-state index contributed by atoms with van der Waals surface area (Å²) in [5.74, 6) is 0.793. The molecule has 1 aromatic heterocycles. The maximum absolute atomic E-state index is 13.0. The van der Waals surface area contributed by atoms with Gasteiger partial charge in [0.25, 0.3) is 5.91 Å². The number of nitrogens with zero attached hydrogens (tertiary/aromatic N) is 1. The van der Waals surface area contributed by atoms with E-state index in [-0.39, 0.29) is 22.6 Å². The summed E-state index contributed by atoms with van der Waals surface area (Å²) in [5.41, 5.74) is 1.24. The first-order valence-corrected chi connectivity index (χ1v) is 12.1. The van der Waals surface area contributed by atoms with Crippen LogP contribution in [0.3, 0.4) is 0 Å². The summed E-state index contributed by atoms with van der Waals surface area (Å²) in [4.78, 5) is 13.1. The Morgan fingerprint density at radius 2 is 1.79 bits per heavy atom. The first-order chi connectivity index (χ1) is 13.9. The van der Waals surface area contributed by atoms with E-state index in [0.29, 0.717) is 29.6 Å². The molecule has 0 atom stereocenters. The Morgan fingerprint density at radius 1 is 1.10 bits per heavy atom. The quantitative estimate of drug-likeness (QED) is 0.806. The fourth-order valence-corrected chi connectivity index (χ4v) is 6.03. The lowest BCUT2D eigenvalue weighted by atomic mass is 9.87. The molecule has 1 amide bonds. The number of benzene rings is 1. The number of piperidine rings is 1. The van der Waals surface area contributed by atoms with Gasteiger partial charge in [0.1, 0.15) is 5.58 Å². The number of sulfonamides is 1. The first-order valence-electron chi connectivity index (χ1n) is 10.7. The second kappa shape index (κ2) is 8.11. The molecular weight excluding hydrogens is 388 g/mol. The van der Waals surface area contributed by atoms with Crippen LogP contribution in [0, 0.1) is 12.8 Å². The Hall–Kier alpha value is -1.86. The molecule has 1 aliphatic heterocycles. The third kappa shape index (κ3) is 4.08. The monoisotopic (exact) mass is 418 g/mol. The van der Waals surface area contributed by atoms with Crippen LogP contribution in [0.15, 0.2) is 27.5 Å². The molecule has 1 saturated heterocycles. The van der Waals surface area contributed by atoms with Crippen LogP contribution in [0.4, 0.5) is 0 Å². The number of hydrogen-bond acceptors (Lipinski definition) is 4. The summed E-state index contributed by atoms with van der Waals surface area (Å²) < 4.78 is 33.4. The average molecular weight is 419 g/mol. The molecule has 0 bridgehead atoms. The predicted molar refractivity (Wildman–Crippen MR) is 112 cm³/mol. The lowest BCUT2D eigenvalue weighted by molar-refractivity contribution is 0.0896. The van der Waals surface area contributed by atoms with Crippen LogP contribution < -0.4 is 5.32 Å². The minimum absolute atomic E-state index is 0.182. The number of carbonyl (C=O) groups excluding carboxylic acids is 1. The summed E-state index contributed by atoms with van der Waals surface area (Å²) in [6, 6.07) is 5.08. The molecule has 29 heavy (non-hydrogen) atoms. The number of amides is 1. The van der Waals surface area contributed by atoms with Crippen molar-refractivity contribution < 1.29 is 17.6 Å². The summed E-state index contributed by atoms with van der Waals surface area (Å²) >= 11 is 0. The predicted octanol–water partition coefficient (Wildman–Crippen LogP) is 4.22. The van der Waals surface area contributed by atoms with Gasteiger partial charge < -0.3 is 9.73 Å². The maximum Gasteiger partial charge on any atom is 0.287 e. The number of aryl methyl sites for hydroxylation is 1. The zero-order valence-corrected chi connectivity index (χ0v) is 18.1. The maximum atomic E-state index is 13.0. The molecule has 7 heteroatoms. The van der Waals surface area contributed by atoms with Gasteiger partial charge in [0.15, 0.2) is 5.76 Å². The van der Waals surface area contributed by atoms with Crippen molar-refractivity contribution in [1.82, 2.24) is 9.62 Å². The molecule has 158 valence electrons. The minimum atomic E-state index is -3.52. The Labute approximate surface area is 172 Å². The van der Waals surface area contributed by atoms with E-state index < -0.39 is 10.0 Å². The molecule has 6 nitrogen and oxygen atoms in total. The summed E-state index contributed by atoms with van der Waals surface area (Å²) in [5, 5.41) is 3.78. The second-order valence-corrected chi connectivity index (χ2v) is 10.5. The van der Waals surface area contributed by atoms with Crippen molar-refractivity contribution in [2.24, 2.45) is 5.92 Å². The highest BCUT2D eigenvalue weighted by Crippen LogP contribution is 2.30. The fourth-order valence-electron chi connectivity index (χ4n) is 4.49. The van der Waals surface area contributed by atoms with Gasteiger partial charge >= 0.3 is 0 Å². The molecule has 1 aliphatic carbocycles. The van der Waals surface area contributed by atoms with Crippen LogP contribution in [0.5, 0.6) is 0 Å². The molecule has 1 aromatic carbocycles. The number of hydrogen-bond donors (Lipinski definition) is 1. The van der Waals surface area contributed by atoms with E-state index in [1.54, 1.807) is 22.5 Å². The summed E-state index contributed by atoms with van der Waals surface area (Å²) in [6.45, 7) is 5.20. The van der Waals surface area contributed by atoms with Crippen molar-refractivity contribution in [2.75, 3.05) is 13.1 Å². The van der Waals surface area contributed by atoms with E-state index >= 15 is 0 Å². The van der Waals surface area contributed by atoms with Crippen molar-refractivity contribution in [1.29, 1.82) is 0 Å². The Kier molecular flexibility index (Phi) is 5.71. The molecule has 2 aromatic rings. The van der Waals surface area contributed by atoms with Crippen molar-refractivity contribution in [3.63, 3.8) is 0 Å². The van der Waals surface area contributed by atoms with E-state index in [4.69, 9.17) is 4.42 Å². The highest BCUT2D eigenvalue weighted by atomic mass is 32.2. The van der Waals surface area contributed by atoms with Crippen molar-refractivity contribution in [3.05, 3.63) is 29.5 Å². The zero-order chi connectivity index (χ0) is 20.6. The van der Waals surface area contributed by atoms with E-state index in [9.17, 15) is 13.2 Å². The number of nitrogens with one attached hydrogen (secondary N) is 1. The van der Waals surface area contributed by atoms with Gasteiger partial charge in [-0.3, -0.25) is 4.79 Å². The van der Waals surface area contributed by atoms with Crippen LogP contribution in [0.2, 0.25) is 0 Å². The van der Waals surface area contributed by atoms with Gasteiger partial charge in [-0.15, -0.1) is 0 Å². The largest absolute Gasteiger partial charge is 0.451 e. The van der Waals surface area contributed by atoms with Gasteiger partial charge in [-0.25, -0.2) is 8.42 Å². The second-order valence-electron chi connectivity index (χ2n) is 8.61. The molecule has 2 fully saturated rings. The molecule has 2 heterocycles. The molecular formula is C22H30N2O4S. The van der Waals surface area contributed by atoms with E-state index in [1.807, 2.05) is 6.92 Å². The Morgan fingerprint density at radius 3 is 2.48 bits per heavy atom. The Balaban J connectivity index is 1.58. The third-order valence-corrected chi connectivity index (χ3v) is 8.31. The van der Waals surface area contributed by atoms with Gasteiger partial charge in [-0.05, 0) is 69.6 Å². The molecule has 4 rings (SSSR count). The van der Waals surface area contributed by atoms with Gasteiger partial charge in [0.2, 0.25) is 10.0 Å². The molecule has 2 aliphatic rings. The first kappa shape index (κ1) is 20.4. The lowest BCUT2D eigenvalue weighted by Crippen LogP contribution is -2.37. The molecule has 1 N–H and O–H groups in total. The smallest absolute Gasteiger partial charge is 0.287 e. The topological polar surface area (TPSA) is 79.6 Å². The van der Waals surface area contributed by atoms with Crippen LogP contribution >= 0.6 is 0 Å². The number of rotatable bonds is 4. The van der Waals surface area contributed by atoms with Crippen molar-refractivity contribution in [3.8, 4) is 0 Å².